The molecular formula is C19H22N6O. The lowest BCUT2D eigenvalue weighted by atomic mass is 9.91. The minimum Gasteiger partial charge on any atom is -0.311 e. The first kappa shape index (κ1) is 16.5. The van der Waals surface area contributed by atoms with Crippen LogP contribution in [0.1, 0.15) is 41.3 Å². The van der Waals surface area contributed by atoms with Crippen LogP contribution in [0.4, 0.5) is 5.82 Å². The van der Waals surface area contributed by atoms with Crippen molar-refractivity contribution < 1.29 is 4.79 Å². The summed E-state index contributed by atoms with van der Waals surface area (Å²) in [6, 6.07) is 5.98. The van der Waals surface area contributed by atoms with E-state index in [1.165, 1.54) is 0 Å². The summed E-state index contributed by atoms with van der Waals surface area (Å²) < 4.78 is 3.86. The van der Waals surface area contributed by atoms with Crippen LogP contribution >= 0.6 is 0 Å². The lowest BCUT2D eigenvalue weighted by Crippen LogP contribution is -2.25. The van der Waals surface area contributed by atoms with Crippen molar-refractivity contribution >= 4 is 11.7 Å². The van der Waals surface area contributed by atoms with Crippen LogP contribution in [-0.2, 0) is 17.9 Å². The fourth-order valence-corrected chi connectivity index (χ4v) is 3.57. The first-order valence-electron chi connectivity index (χ1n) is 8.85. The van der Waals surface area contributed by atoms with E-state index >= 15 is 0 Å². The number of nitrogens with one attached hydrogen (secondary N) is 1. The van der Waals surface area contributed by atoms with Gasteiger partial charge in [-0.1, -0.05) is 6.07 Å². The number of pyridine rings is 1. The molecule has 1 aliphatic heterocycles. The SMILES string of the molecule is Cc1cc(C)n(CCC2CC(=O)Nc3c2cnn3Cc2cccnc2)n1. The minimum absolute atomic E-state index is 0.0452. The first-order valence-corrected chi connectivity index (χ1v) is 8.85. The highest BCUT2D eigenvalue weighted by Gasteiger charge is 2.28. The molecule has 0 saturated carbocycles. The fraction of sp³-hybridized carbons (Fsp3) is 0.368. The smallest absolute Gasteiger partial charge is 0.226 e. The number of hydrogen-bond acceptors (Lipinski definition) is 4. The Morgan fingerprint density at radius 1 is 1.27 bits per heavy atom. The van der Waals surface area contributed by atoms with Gasteiger partial charge < -0.3 is 5.32 Å². The molecule has 1 N–H and O–H groups in total. The van der Waals surface area contributed by atoms with Crippen LogP contribution in [-0.4, -0.2) is 30.5 Å². The number of aryl methyl sites for hydroxylation is 3. The monoisotopic (exact) mass is 350 g/mol. The molecule has 4 heterocycles. The Bertz CT molecular complexity index is 927. The highest BCUT2D eigenvalue weighted by Crippen LogP contribution is 2.35. The van der Waals surface area contributed by atoms with Crippen LogP contribution in [0.5, 0.6) is 0 Å². The first-order chi connectivity index (χ1) is 12.6. The zero-order valence-corrected chi connectivity index (χ0v) is 15.0. The highest BCUT2D eigenvalue weighted by molar-refractivity contribution is 5.93. The van der Waals surface area contributed by atoms with E-state index in [1.807, 2.05) is 40.8 Å². The van der Waals surface area contributed by atoms with Crippen molar-refractivity contribution in [1.82, 2.24) is 24.5 Å². The summed E-state index contributed by atoms with van der Waals surface area (Å²) in [5.74, 6) is 1.01. The molecule has 1 aliphatic rings. The number of anilines is 1. The zero-order valence-electron chi connectivity index (χ0n) is 15.0. The van der Waals surface area contributed by atoms with E-state index in [-0.39, 0.29) is 11.8 Å². The quantitative estimate of drug-likeness (QED) is 0.767. The summed E-state index contributed by atoms with van der Waals surface area (Å²) >= 11 is 0. The molecule has 4 rings (SSSR count). The van der Waals surface area contributed by atoms with Crippen LogP contribution in [0.15, 0.2) is 36.8 Å². The van der Waals surface area contributed by atoms with Gasteiger partial charge in [-0.25, -0.2) is 4.68 Å². The number of rotatable bonds is 5. The molecule has 26 heavy (non-hydrogen) atoms. The van der Waals surface area contributed by atoms with Crippen molar-refractivity contribution in [1.29, 1.82) is 0 Å². The highest BCUT2D eigenvalue weighted by atomic mass is 16.1. The third-order valence-electron chi connectivity index (χ3n) is 4.85. The number of carbonyl (C=O) groups excluding carboxylic acids is 1. The molecule has 0 radical (unpaired) electrons. The van der Waals surface area contributed by atoms with Gasteiger partial charge in [-0.3, -0.25) is 14.5 Å². The normalized spacial score (nSPS) is 16.4. The Kier molecular flexibility index (Phi) is 4.28. The van der Waals surface area contributed by atoms with Crippen LogP contribution in [0.2, 0.25) is 0 Å². The predicted octanol–water partition coefficient (Wildman–Crippen LogP) is 2.66. The van der Waals surface area contributed by atoms with Crippen LogP contribution < -0.4 is 5.32 Å². The van der Waals surface area contributed by atoms with Gasteiger partial charge in [0.05, 0.1) is 18.4 Å². The van der Waals surface area contributed by atoms with Crippen molar-refractivity contribution in [2.75, 3.05) is 5.32 Å². The maximum absolute atomic E-state index is 12.2. The van der Waals surface area contributed by atoms with Crippen molar-refractivity contribution in [2.24, 2.45) is 0 Å². The number of aromatic nitrogens is 5. The van der Waals surface area contributed by atoms with Crippen molar-refractivity contribution in [3.8, 4) is 0 Å². The molecule has 0 saturated heterocycles. The standard InChI is InChI=1S/C19H22N6O/c1-13-8-14(2)24(23-13)7-5-16-9-18(26)22-19-17(16)11-21-25(19)12-15-4-3-6-20-10-15/h3-4,6,8,10-11,16H,5,7,9,12H2,1-2H3,(H,22,26). The summed E-state index contributed by atoms with van der Waals surface area (Å²) in [7, 11) is 0. The largest absolute Gasteiger partial charge is 0.311 e. The molecule has 0 spiro atoms. The summed E-state index contributed by atoms with van der Waals surface area (Å²) in [5, 5.41) is 12.0. The maximum Gasteiger partial charge on any atom is 0.226 e. The molecule has 7 heteroatoms. The molecule has 3 aromatic rings. The second-order valence-corrected chi connectivity index (χ2v) is 6.86. The Morgan fingerprint density at radius 3 is 2.88 bits per heavy atom. The van der Waals surface area contributed by atoms with Gasteiger partial charge in [0.25, 0.3) is 0 Å². The summed E-state index contributed by atoms with van der Waals surface area (Å²) in [4.78, 5) is 16.4. The van der Waals surface area contributed by atoms with E-state index in [1.54, 1.807) is 6.20 Å². The Morgan fingerprint density at radius 2 is 2.15 bits per heavy atom. The number of carbonyl (C=O) groups is 1. The lowest BCUT2D eigenvalue weighted by molar-refractivity contribution is -0.117. The molecule has 134 valence electrons. The van der Waals surface area contributed by atoms with Gasteiger partial charge in [0.15, 0.2) is 0 Å². The maximum atomic E-state index is 12.2. The molecule has 1 atom stereocenters. The van der Waals surface area contributed by atoms with Crippen molar-refractivity contribution in [3.05, 3.63) is 59.3 Å². The third kappa shape index (κ3) is 3.24. The lowest BCUT2D eigenvalue weighted by Gasteiger charge is -2.23. The van der Waals surface area contributed by atoms with Gasteiger partial charge in [-0.2, -0.15) is 10.2 Å². The molecule has 7 nitrogen and oxygen atoms in total. The van der Waals surface area contributed by atoms with Crippen molar-refractivity contribution in [3.63, 3.8) is 0 Å². The number of fused-ring (bicyclic) bond motifs is 1. The molecule has 0 fully saturated rings. The molecule has 1 amide bonds. The average molecular weight is 350 g/mol. The molecule has 0 bridgehead atoms. The Labute approximate surface area is 152 Å². The van der Waals surface area contributed by atoms with E-state index in [0.29, 0.717) is 13.0 Å². The van der Waals surface area contributed by atoms with E-state index in [2.05, 4.69) is 33.5 Å². The fourth-order valence-electron chi connectivity index (χ4n) is 3.57. The van der Waals surface area contributed by atoms with Gasteiger partial charge in [0.2, 0.25) is 5.91 Å². The van der Waals surface area contributed by atoms with Gasteiger partial charge in [0.1, 0.15) is 5.82 Å². The second-order valence-electron chi connectivity index (χ2n) is 6.86. The Hall–Kier alpha value is -2.96. The van der Waals surface area contributed by atoms with Gasteiger partial charge >= 0.3 is 0 Å². The molecule has 0 aliphatic carbocycles. The molecule has 1 unspecified atom stereocenters. The second kappa shape index (κ2) is 6.74. The van der Waals surface area contributed by atoms with Gasteiger partial charge in [-0.05, 0) is 43.9 Å². The van der Waals surface area contributed by atoms with Gasteiger partial charge in [-0.15, -0.1) is 0 Å². The molecule has 0 aromatic carbocycles. The number of nitrogens with zero attached hydrogens (tertiary/aromatic N) is 5. The van der Waals surface area contributed by atoms with E-state index in [9.17, 15) is 4.79 Å². The number of hydrogen-bond donors (Lipinski definition) is 1. The number of amides is 1. The summed E-state index contributed by atoms with van der Waals surface area (Å²) in [6.45, 7) is 5.45. The van der Waals surface area contributed by atoms with E-state index < -0.39 is 0 Å². The third-order valence-corrected chi connectivity index (χ3v) is 4.85. The minimum atomic E-state index is 0.0452. The van der Waals surface area contributed by atoms with Crippen LogP contribution in [0.25, 0.3) is 0 Å². The van der Waals surface area contributed by atoms with Crippen molar-refractivity contribution in [2.45, 2.75) is 45.7 Å². The van der Waals surface area contributed by atoms with E-state index in [4.69, 9.17) is 0 Å². The summed E-state index contributed by atoms with van der Waals surface area (Å²) in [6.07, 6.45) is 6.81. The van der Waals surface area contributed by atoms with E-state index in [0.717, 1.165) is 41.3 Å². The van der Waals surface area contributed by atoms with Gasteiger partial charge in [0, 0.05) is 36.6 Å². The van der Waals surface area contributed by atoms with Crippen LogP contribution in [0.3, 0.4) is 0 Å². The zero-order chi connectivity index (χ0) is 18.1. The molecule has 3 aromatic heterocycles. The topological polar surface area (TPSA) is 77.6 Å². The van der Waals surface area contributed by atoms with Crippen LogP contribution in [0, 0.1) is 13.8 Å². The summed E-state index contributed by atoms with van der Waals surface area (Å²) in [5.41, 5.74) is 4.33. The Balaban J connectivity index is 1.54. The predicted molar refractivity (Wildman–Crippen MR) is 97.9 cm³/mol. The average Bonchev–Trinajstić information content (AvgIpc) is 3.16. The molecular weight excluding hydrogens is 328 g/mol.